The van der Waals surface area contributed by atoms with E-state index in [1.165, 1.54) is 12.4 Å². The summed E-state index contributed by atoms with van der Waals surface area (Å²) in [4.78, 5) is 60.7. The molecule has 0 saturated heterocycles. The van der Waals surface area contributed by atoms with Crippen LogP contribution < -0.4 is 10.9 Å². The van der Waals surface area contributed by atoms with Crippen molar-refractivity contribution in [2.24, 2.45) is 0 Å². The Labute approximate surface area is 193 Å². The molecule has 2 rings (SSSR count). The number of hydrogen-bond acceptors (Lipinski definition) is 6. The summed E-state index contributed by atoms with van der Waals surface area (Å²) in [7, 11) is 0. The number of aromatic nitrogens is 2. The number of carboxylic acids is 2. The first-order valence-corrected chi connectivity index (χ1v) is 9.68. The zero-order valence-electron chi connectivity index (χ0n) is 17.3. The van der Waals surface area contributed by atoms with E-state index in [0.29, 0.717) is 10.5 Å². The molecule has 10 nitrogen and oxygen atoms in total. The van der Waals surface area contributed by atoms with Crippen LogP contribution in [0.25, 0.3) is 10.9 Å². The van der Waals surface area contributed by atoms with Crippen molar-refractivity contribution in [3.8, 4) is 0 Å². The lowest BCUT2D eigenvalue weighted by molar-refractivity contribution is -0.192. The number of Topliss-reactive ketones (excluding diaryl/α,β-unsaturated/α-hetero) is 1. The molecule has 1 aromatic heterocycles. The zero-order valence-corrected chi connectivity index (χ0v) is 18.1. The van der Waals surface area contributed by atoms with Gasteiger partial charge < -0.3 is 15.5 Å². The molecule has 2 atom stereocenters. The summed E-state index contributed by atoms with van der Waals surface area (Å²) in [6.45, 7) is 0.215. The Kier molecular flexibility index (Phi) is 10.1. The molecule has 0 bridgehead atoms. The van der Waals surface area contributed by atoms with E-state index in [2.05, 4.69) is 10.3 Å². The number of carbonyl (C=O) groups excluding carboxylic acids is 2. The third-order valence-electron chi connectivity index (χ3n) is 4.23. The third kappa shape index (κ3) is 7.79. The summed E-state index contributed by atoms with van der Waals surface area (Å²) in [6.07, 6.45) is -4.50. The molecule has 1 aromatic carbocycles. The van der Waals surface area contributed by atoms with E-state index in [4.69, 9.17) is 26.6 Å². The van der Waals surface area contributed by atoms with Gasteiger partial charge >= 0.3 is 18.1 Å². The number of aliphatic carboxylic acids is 2. The Morgan fingerprint density at radius 2 is 1.79 bits per heavy atom. The Hall–Kier alpha value is -3.55. The second kappa shape index (κ2) is 12.1. The van der Waals surface area contributed by atoms with Crippen molar-refractivity contribution in [3.63, 3.8) is 0 Å². The summed E-state index contributed by atoms with van der Waals surface area (Å²) in [5.74, 6) is -5.96. The second-order valence-electron chi connectivity index (χ2n) is 6.60. The largest absolute Gasteiger partial charge is 0.490 e. The highest BCUT2D eigenvalue weighted by molar-refractivity contribution is 6.31. The molecule has 3 N–H and O–H groups in total. The number of amides is 1. The van der Waals surface area contributed by atoms with Gasteiger partial charge in [-0.2, -0.15) is 13.2 Å². The van der Waals surface area contributed by atoms with Gasteiger partial charge in [0.05, 0.1) is 23.7 Å². The Balaban J connectivity index is 0.000000718. The standard InChI is InChI=1S/C17H17ClFN3O5.C2HF3O2/c1-2-13(16(26)21-12(6-15(24)25)14(23)7-19)22-8-20-11-4-3-9(18)5-10(11)17(22)27;3-2(4,5)1(6)7/h3-5,8,12-13H,2,6-7H2,1H3,(H,21,26)(H,24,25);(H,6,7)/t12?,13-;/m0./s1. The minimum atomic E-state index is -5.08. The predicted octanol–water partition coefficient (Wildman–Crippen LogP) is 2.13. The van der Waals surface area contributed by atoms with Crippen LogP contribution >= 0.6 is 11.6 Å². The van der Waals surface area contributed by atoms with Crippen LogP contribution in [-0.4, -0.2) is 62.3 Å². The zero-order chi connectivity index (χ0) is 26.2. The molecule has 0 radical (unpaired) electrons. The first-order valence-electron chi connectivity index (χ1n) is 9.30. The van der Waals surface area contributed by atoms with Crippen LogP contribution in [0.15, 0.2) is 29.3 Å². The van der Waals surface area contributed by atoms with Gasteiger partial charge in [-0.05, 0) is 24.6 Å². The Bertz CT molecular complexity index is 1140. The number of ketones is 1. The first-order chi connectivity index (χ1) is 15.7. The molecular weight excluding hydrogens is 494 g/mol. The van der Waals surface area contributed by atoms with Gasteiger partial charge in [-0.25, -0.2) is 14.2 Å². The van der Waals surface area contributed by atoms with Crippen LogP contribution in [0.1, 0.15) is 25.8 Å². The van der Waals surface area contributed by atoms with Crippen molar-refractivity contribution >= 4 is 46.1 Å². The van der Waals surface area contributed by atoms with E-state index >= 15 is 0 Å². The van der Waals surface area contributed by atoms with Crippen LogP contribution in [0, 0.1) is 0 Å². The molecule has 0 aliphatic carbocycles. The number of hydrogen-bond donors (Lipinski definition) is 3. The first kappa shape index (κ1) is 28.5. The molecule has 1 heterocycles. The summed E-state index contributed by atoms with van der Waals surface area (Å²) >= 11 is 5.90. The van der Waals surface area contributed by atoms with E-state index in [-0.39, 0.29) is 11.8 Å². The number of carbonyl (C=O) groups is 4. The van der Waals surface area contributed by atoms with Crippen molar-refractivity contribution < 1.29 is 47.0 Å². The van der Waals surface area contributed by atoms with E-state index in [0.717, 1.165) is 4.57 Å². The second-order valence-corrected chi connectivity index (χ2v) is 7.04. The molecule has 0 aliphatic rings. The van der Waals surface area contributed by atoms with E-state index < -0.39 is 60.5 Å². The highest BCUT2D eigenvalue weighted by atomic mass is 35.5. The average molecular weight is 512 g/mol. The molecule has 0 fully saturated rings. The summed E-state index contributed by atoms with van der Waals surface area (Å²) < 4.78 is 45.5. The number of alkyl halides is 4. The number of fused-ring (bicyclic) bond motifs is 1. The van der Waals surface area contributed by atoms with Crippen LogP contribution in [0.4, 0.5) is 17.6 Å². The van der Waals surface area contributed by atoms with Crippen LogP contribution in [0.2, 0.25) is 5.02 Å². The molecule has 186 valence electrons. The predicted molar refractivity (Wildman–Crippen MR) is 109 cm³/mol. The lowest BCUT2D eigenvalue weighted by Crippen LogP contribution is -2.47. The highest BCUT2D eigenvalue weighted by Gasteiger charge is 2.38. The minimum Gasteiger partial charge on any atom is -0.481 e. The maximum absolute atomic E-state index is 12.7. The monoisotopic (exact) mass is 511 g/mol. The molecule has 0 aliphatic heterocycles. The quantitative estimate of drug-likeness (QED) is 0.455. The Morgan fingerprint density at radius 1 is 1.21 bits per heavy atom. The molecule has 34 heavy (non-hydrogen) atoms. The molecular formula is C19H18ClF4N3O7. The number of carboxylic acid groups (broad SMARTS) is 2. The van der Waals surface area contributed by atoms with Gasteiger partial charge in [0, 0.05) is 5.02 Å². The Morgan fingerprint density at radius 3 is 2.26 bits per heavy atom. The lowest BCUT2D eigenvalue weighted by atomic mass is 10.1. The topological polar surface area (TPSA) is 156 Å². The number of nitrogens with one attached hydrogen (secondary N) is 1. The van der Waals surface area contributed by atoms with E-state index in [9.17, 15) is 36.7 Å². The summed E-state index contributed by atoms with van der Waals surface area (Å²) in [5.41, 5.74) is -0.122. The van der Waals surface area contributed by atoms with Crippen molar-refractivity contribution in [2.45, 2.75) is 38.0 Å². The van der Waals surface area contributed by atoms with Gasteiger partial charge in [0.1, 0.15) is 18.8 Å². The van der Waals surface area contributed by atoms with Crippen LogP contribution in [0.3, 0.4) is 0 Å². The number of halogens is 5. The SMILES string of the molecule is CC[C@@H](C(=O)NC(CC(=O)O)C(=O)CF)n1cnc2ccc(Cl)cc2c1=O.O=C(O)C(F)(F)F. The van der Waals surface area contributed by atoms with Gasteiger partial charge in [-0.15, -0.1) is 0 Å². The summed E-state index contributed by atoms with van der Waals surface area (Å²) in [5, 5.41) is 18.7. The fourth-order valence-electron chi connectivity index (χ4n) is 2.62. The van der Waals surface area contributed by atoms with Gasteiger partial charge in [0.25, 0.3) is 5.56 Å². The number of nitrogens with zero attached hydrogens (tertiary/aromatic N) is 2. The van der Waals surface area contributed by atoms with Gasteiger partial charge in [-0.1, -0.05) is 18.5 Å². The van der Waals surface area contributed by atoms with Crippen molar-refractivity contribution in [3.05, 3.63) is 39.9 Å². The third-order valence-corrected chi connectivity index (χ3v) is 4.46. The lowest BCUT2D eigenvalue weighted by Gasteiger charge is -2.21. The van der Waals surface area contributed by atoms with E-state index in [1.54, 1.807) is 19.1 Å². The molecule has 2 aromatic rings. The van der Waals surface area contributed by atoms with Crippen molar-refractivity contribution in [2.75, 3.05) is 6.67 Å². The highest BCUT2D eigenvalue weighted by Crippen LogP contribution is 2.17. The molecule has 15 heteroatoms. The van der Waals surface area contributed by atoms with Crippen molar-refractivity contribution in [1.29, 1.82) is 0 Å². The van der Waals surface area contributed by atoms with E-state index in [1.807, 2.05) is 0 Å². The normalized spacial score (nSPS) is 12.8. The molecule has 0 saturated carbocycles. The fraction of sp³-hybridized carbons (Fsp3) is 0.368. The fourth-order valence-corrected chi connectivity index (χ4v) is 2.79. The van der Waals surface area contributed by atoms with Gasteiger partial charge in [0.15, 0.2) is 5.78 Å². The maximum atomic E-state index is 12.7. The number of rotatable bonds is 8. The minimum absolute atomic E-state index is 0.156. The molecule has 0 spiro atoms. The number of benzene rings is 1. The van der Waals surface area contributed by atoms with Crippen LogP contribution in [0.5, 0.6) is 0 Å². The average Bonchev–Trinajstić information content (AvgIpc) is 2.74. The molecule has 1 unspecified atom stereocenters. The molecule has 1 amide bonds. The smallest absolute Gasteiger partial charge is 0.481 e. The van der Waals surface area contributed by atoms with Gasteiger partial charge in [-0.3, -0.25) is 23.7 Å². The van der Waals surface area contributed by atoms with Gasteiger partial charge in [0.2, 0.25) is 5.91 Å². The summed E-state index contributed by atoms with van der Waals surface area (Å²) in [6, 6.07) is 1.98. The maximum Gasteiger partial charge on any atom is 0.490 e. The van der Waals surface area contributed by atoms with Crippen molar-refractivity contribution in [1.82, 2.24) is 14.9 Å². The van der Waals surface area contributed by atoms with Crippen LogP contribution in [-0.2, 0) is 19.2 Å².